The van der Waals surface area contributed by atoms with Crippen molar-refractivity contribution in [2.45, 2.75) is 6.04 Å². The molecule has 3 aromatic rings. The van der Waals surface area contributed by atoms with Crippen molar-refractivity contribution in [1.82, 2.24) is 0 Å². The molecule has 0 bridgehead atoms. The molecule has 0 radical (unpaired) electrons. The number of hydrogen-bond donors (Lipinski definition) is 1. The standard InChI is InChI=1S/C22H19NO/c1-24-22-15-9-8-14-21(22)23-20(19-12-6-3-7-13-19)17-16-18-10-4-2-5-11-18/h2-15,20,23H,1H3/t20-/m0/s1. The molecule has 2 nitrogen and oxygen atoms in total. The van der Waals surface area contributed by atoms with Crippen molar-refractivity contribution >= 4 is 5.69 Å². The zero-order valence-corrected chi connectivity index (χ0v) is 13.6. The molecule has 118 valence electrons. The normalized spacial score (nSPS) is 11.0. The summed E-state index contributed by atoms with van der Waals surface area (Å²) in [7, 11) is 1.67. The average molecular weight is 313 g/mol. The third-order valence-electron chi connectivity index (χ3n) is 3.67. The fourth-order valence-corrected chi connectivity index (χ4v) is 2.44. The molecule has 2 heteroatoms. The van der Waals surface area contributed by atoms with Gasteiger partial charge in [-0.2, -0.15) is 0 Å². The molecule has 0 unspecified atom stereocenters. The van der Waals surface area contributed by atoms with Crippen LogP contribution in [0, 0.1) is 11.8 Å². The fraction of sp³-hybridized carbons (Fsp3) is 0.0909. The van der Waals surface area contributed by atoms with E-state index in [0.717, 1.165) is 22.6 Å². The summed E-state index contributed by atoms with van der Waals surface area (Å²) in [4.78, 5) is 0. The lowest BCUT2D eigenvalue weighted by molar-refractivity contribution is 0.416. The first-order valence-corrected chi connectivity index (χ1v) is 7.88. The van der Waals surface area contributed by atoms with Crippen molar-refractivity contribution in [3.05, 3.63) is 96.1 Å². The van der Waals surface area contributed by atoms with Gasteiger partial charge in [0.05, 0.1) is 12.8 Å². The molecule has 0 saturated carbocycles. The Morgan fingerprint density at radius 2 is 1.42 bits per heavy atom. The fourth-order valence-electron chi connectivity index (χ4n) is 2.44. The molecular formula is C22H19NO. The van der Waals surface area contributed by atoms with Crippen molar-refractivity contribution in [3.63, 3.8) is 0 Å². The number of rotatable bonds is 4. The van der Waals surface area contributed by atoms with Gasteiger partial charge in [-0.1, -0.05) is 72.5 Å². The minimum atomic E-state index is -0.122. The summed E-state index contributed by atoms with van der Waals surface area (Å²) in [6.07, 6.45) is 0. The first-order chi connectivity index (χ1) is 11.9. The van der Waals surface area contributed by atoms with Gasteiger partial charge in [-0.25, -0.2) is 0 Å². The van der Waals surface area contributed by atoms with Crippen LogP contribution in [0.4, 0.5) is 5.69 Å². The van der Waals surface area contributed by atoms with Gasteiger partial charge in [-0.3, -0.25) is 0 Å². The van der Waals surface area contributed by atoms with Gasteiger partial charge in [0.15, 0.2) is 0 Å². The Balaban J connectivity index is 1.93. The number of methoxy groups -OCH3 is 1. The lowest BCUT2D eigenvalue weighted by Gasteiger charge is -2.17. The molecular weight excluding hydrogens is 294 g/mol. The Hall–Kier alpha value is -3.18. The van der Waals surface area contributed by atoms with Crippen LogP contribution >= 0.6 is 0 Å². The van der Waals surface area contributed by atoms with Gasteiger partial charge in [0.2, 0.25) is 0 Å². The Bertz CT molecular complexity index is 832. The molecule has 0 aliphatic rings. The summed E-state index contributed by atoms with van der Waals surface area (Å²) in [5, 5.41) is 3.49. The maximum absolute atomic E-state index is 5.43. The molecule has 0 fully saturated rings. The third kappa shape index (κ3) is 3.97. The lowest BCUT2D eigenvalue weighted by Crippen LogP contribution is -2.09. The number of para-hydroxylation sites is 2. The molecule has 0 amide bonds. The molecule has 0 spiro atoms. The van der Waals surface area contributed by atoms with Gasteiger partial charge in [0.25, 0.3) is 0 Å². The van der Waals surface area contributed by atoms with Crippen LogP contribution in [0.1, 0.15) is 17.2 Å². The molecule has 0 aliphatic heterocycles. The second-order valence-electron chi connectivity index (χ2n) is 5.32. The van der Waals surface area contributed by atoms with Crippen LogP contribution in [0.15, 0.2) is 84.9 Å². The highest BCUT2D eigenvalue weighted by atomic mass is 16.5. The molecule has 24 heavy (non-hydrogen) atoms. The van der Waals surface area contributed by atoms with E-state index in [9.17, 15) is 0 Å². The molecule has 3 aromatic carbocycles. The summed E-state index contributed by atoms with van der Waals surface area (Å²) >= 11 is 0. The first-order valence-electron chi connectivity index (χ1n) is 7.88. The van der Waals surface area contributed by atoms with E-state index in [1.807, 2.05) is 72.8 Å². The average Bonchev–Trinajstić information content (AvgIpc) is 2.67. The number of benzene rings is 3. The zero-order chi connectivity index (χ0) is 16.6. The van der Waals surface area contributed by atoms with Crippen LogP contribution in [0.25, 0.3) is 0 Å². The molecule has 0 aliphatic carbocycles. The number of hydrogen-bond acceptors (Lipinski definition) is 2. The van der Waals surface area contributed by atoms with Gasteiger partial charge < -0.3 is 10.1 Å². The third-order valence-corrected chi connectivity index (χ3v) is 3.67. The topological polar surface area (TPSA) is 21.3 Å². The zero-order valence-electron chi connectivity index (χ0n) is 13.6. The largest absolute Gasteiger partial charge is 0.495 e. The van der Waals surface area contributed by atoms with Gasteiger partial charge in [-0.05, 0) is 29.8 Å². The van der Waals surface area contributed by atoms with E-state index in [1.165, 1.54) is 0 Å². The Morgan fingerprint density at radius 3 is 2.12 bits per heavy atom. The minimum absolute atomic E-state index is 0.122. The van der Waals surface area contributed by atoms with E-state index < -0.39 is 0 Å². The lowest BCUT2D eigenvalue weighted by atomic mass is 10.1. The number of anilines is 1. The summed E-state index contributed by atoms with van der Waals surface area (Å²) in [5.41, 5.74) is 3.04. The minimum Gasteiger partial charge on any atom is -0.495 e. The second-order valence-corrected chi connectivity index (χ2v) is 5.32. The van der Waals surface area contributed by atoms with E-state index in [2.05, 4.69) is 29.3 Å². The molecule has 3 rings (SSSR count). The van der Waals surface area contributed by atoms with Crippen LogP contribution < -0.4 is 10.1 Å². The molecule has 1 N–H and O–H groups in total. The van der Waals surface area contributed by atoms with Crippen molar-refractivity contribution < 1.29 is 4.74 Å². The van der Waals surface area contributed by atoms with Gasteiger partial charge in [0, 0.05) is 5.56 Å². The van der Waals surface area contributed by atoms with Crippen LogP contribution in [0.3, 0.4) is 0 Å². The van der Waals surface area contributed by atoms with E-state index in [-0.39, 0.29) is 6.04 Å². The predicted molar refractivity (Wildman–Crippen MR) is 99.1 cm³/mol. The first kappa shape index (κ1) is 15.7. The number of ether oxygens (including phenoxy) is 1. The Morgan fingerprint density at radius 1 is 0.792 bits per heavy atom. The van der Waals surface area contributed by atoms with Crippen LogP contribution in [0.5, 0.6) is 5.75 Å². The van der Waals surface area contributed by atoms with Crippen molar-refractivity contribution in [2.75, 3.05) is 12.4 Å². The Kier molecular flexibility index (Phi) is 5.17. The second kappa shape index (κ2) is 7.89. The van der Waals surface area contributed by atoms with E-state index in [1.54, 1.807) is 7.11 Å². The monoisotopic (exact) mass is 313 g/mol. The SMILES string of the molecule is COc1ccccc1N[C@@H](C#Cc1ccccc1)c1ccccc1. The van der Waals surface area contributed by atoms with Gasteiger partial charge in [0.1, 0.15) is 11.8 Å². The highest BCUT2D eigenvalue weighted by Gasteiger charge is 2.10. The Labute approximate surface area is 143 Å². The van der Waals surface area contributed by atoms with Crippen molar-refractivity contribution in [1.29, 1.82) is 0 Å². The summed E-state index contributed by atoms with van der Waals surface area (Å²) < 4.78 is 5.43. The highest BCUT2D eigenvalue weighted by molar-refractivity contribution is 5.59. The summed E-state index contributed by atoms with van der Waals surface area (Å²) in [5.74, 6) is 7.39. The molecule has 1 atom stereocenters. The van der Waals surface area contributed by atoms with Gasteiger partial charge in [-0.15, -0.1) is 0 Å². The molecule has 0 saturated heterocycles. The number of nitrogens with one attached hydrogen (secondary N) is 1. The highest BCUT2D eigenvalue weighted by Crippen LogP contribution is 2.27. The molecule has 0 aromatic heterocycles. The quantitative estimate of drug-likeness (QED) is 0.692. The summed E-state index contributed by atoms with van der Waals surface area (Å²) in [6, 6.07) is 28.0. The smallest absolute Gasteiger partial charge is 0.141 e. The predicted octanol–water partition coefficient (Wildman–Crippen LogP) is 4.90. The van der Waals surface area contributed by atoms with E-state index in [0.29, 0.717) is 0 Å². The van der Waals surface area contributed by atoms with Crippen molar-refractivity contribution in [3.8, 4) is 17.6 Å². The van der Waals surface area contributed by atoms with Crippen LogP contribution in [-0.2, 0) is 0 Å². The van der Waals surface area contributed by atoms with Crippen LogP contribution in [0.2, 0.25) is 0 Å². The van der Waals surface area contributed by atoms with E-state index >= 15 is 0 Å². The maximum atomic E-state index is 5.43. The van der Waals surface area contributed by atoms with Crippen molar-refractivity contribution in [2.24, 2.45) is 0 Å². The van der Waals surface area contributed by atoms with Crippen LogP contribution in [-0.4, -0.2) is 7.11 Å². The molecule has 0 heterocycles. The maximum Gasteiger partial charge on any atom is 0.141 e. The van der Waals surface area contributed by atoms with Gasteiger partial charge >= 0.3 is 0 Å². The van der Waals surface area contributed by atoms with E-state index in [4.69, 9.17) is 4.74 Å². The summed E-state index contributed by atoms with van der Waals surface area (Å²) in [6.45, 7) is 0.